The van der Waals surface area contributed by atoms with E-state index in [0.717, 1.165) is 30.5 Å². The summed E-state index contributed by atoms with van der Waals surface area (Å²) < 4.78 is 0. The minimum Gasteiger partial charge on any atom is -0.356 e. The Balaban J connectivity index is 0.00000312. The molecule has 1 saturated heterocycles. The Morgan fingerprint density at radius 3 is 2.40 bits per heavy atom. The molecule has 1 aromatic carbocycles. The van der Waals surface area contributed by atoms with Crippen molar-refractivity contribution in [2.45, 2.75) is 19.4 Å². The van der Waals surface area contributed by atoms with Gasteiger partial charge in [-0.3, -0.25) is 4.99 Å². The van der Waals surface area contributed by atoms with E-state index >= 15 is 0 Å². The van der Waals surface area contributed by atoms with Crippen molar-refractivity contribution >= 4 is 41.5 Å². The second-order valence-corrected chi connectivity index (χ2v) is 6.77. The SMILES string of the molecule is CN=C(NCCCCN1CCN(C)CC1)NCc1ccc(Cl)cc1.I. The molecule has 0 radical (unpaired) electrons. The molecule has 0 bridgehead atoms. The first-order valence-corrected chi connectivity index (χ1v) is 9.15. The quantitative estimate of drug-likeness (QED) is 0.273. The number of guanidine groups is 1. The first-order valence-electron chi connectivity index (χ1n) is 8.77. The predicted molar refractivity (Wildman–Crippen MR) is 118 cm³/mol. The summed E-state index contributed by atoms with van der Waals surface area (Å²) in [6.07, 6.45) is 2.39. The molecule has 1 aliphatic heterocycles. The smallest absolute Gasteiger partial charge is 0.191 e. The van der Waals surface area contributed by atoms with E-state index in [1.54, 1.807) is 7.05 Å². The molecule has 0 saturated carbocycles. The lowest BCUT2D eigenvalue weighted by Crippen LogP contribution is -2.44. The molecule has 142 valence electrons. The van der Waals surface area contributed by atoms with Crippen LogP contribution in [0.1, 0.15) is 18.4 Å². The lowest BCUT2D eigenvalue weighted by molar-refractivity contribution is 0.152. The Bertz CT molecular complexity index is 501. The van der Waals surface area contributed by atoms with Crippen LogP contribution in [0.5, 0.6) is 0 Å². The van der Waals surface area contributed by atoms with E-state index in [-0.39, 0.29) is 24.0 Å². The van der Waals surface area contributed by atoms with Gasteiger partial charge in [0.1, 0.15) is 0 Å². The van der Waals surface area contributed by atoms with Gasteiger partial charge in [0.25, 0.3) is 0 Å². The summed E-state index contributed by atoms with van der Waals surface area (Å²) in [7, 11) is 4.01. The molecule has 2 rings (SSSR count). The number of nitrogens with zero attached hydrogens (tertiary/aromatic N) is 3. The maximum Gasteiger partial charge on any atom is 0.191 e. The fourth-order valence-electron chi connectivity index (χ4n) is 2.75. The van der Waals surface area contributed by atoms with E-state index in [1.807, 2.05) is 24.3 Å². The van der Waals surface area contributed by atoms with Crippen molar-refractivity contribution in [1.29, 1.82) is 0 Å². The molecule has 1 aromatic rings. The summed E-state index contributed by atoms with van der Waals surface area (Å²) >= 11 is 5.90. The van der Waals surface area contributed by atoms with Crippen LogP contribution in [0, 0.1) is 0 Å². The van der Waals surface area contributed by atoms with Crippen LogP contribution >= 0.6 is 35.6 Å². The molecule has 1 aliphatic rings. The van der Waals surface area contributed by atoms with Crippen LogP contribution in [0.2, 0.25) is 5.02 Å². The van der Waals surface area contributed by atoms with Crippen LogP contribution in [-0.4, -0.2) is 69.1 Å². The fourth-order valence-corrected chi connectivity index (χ4v) is 2.87. The monoisotopic (exact) mass is 479 g/mol. The average molecular weight is 480 g/mol. The van der Waals surface area contributed by atoms with Gasteiger partial charge in [0, 0.05) is 51.3 Å². The lowest BCUT2D eigenvalue weighted by atomic mass is 10.2. The molecule has 0 unspecified atom stereocenters. The van der Waals surface area contributed by atoms with Gasteiger partial charge in [-0.25, -0.2) is 0 Å². The van der Waals surface area contributed by atoms with Gasteiger partial charge in [-0.15, -0.1) is 24.0 Å². The highest BCUT2D eigenvalue weighted by atomic mass is 127. The average Bonchev–Trinajstić information content (AvgIpc) is 2.60. The molecular formula is C18H31ClIN5. The summed E-state index contributed by atoms with van der Waals surface area (Å²) in [4.78, 5) is 9.23. The van der Waals surface area contributed by atoms with Gasteiger partial charge < -0.3 is 20.4 Å². The third-order valence-electron chi connectivity index (χ3n) is 4.39. The van der Waals surface area contributed by atoms with Crippen LogP contribution in [0.25, 0.3) is 0 Å². The molecule has 0 aliphatic carbocycles. The number of unbranched alkanes of at least 4 members (excludes halogenated alkanes) is 1. The molecule has 0 atom stereocenters. The normalized spacial score (nSPS) is 16.4. The molecule has 1 heterocycles. The van der Waals surface area contributed by atoms with Crippen molar-refractivity contribution < 1.29 is 0 Å². The van der Waals surface area contributed by atoms with E-state index in [4.69, 9.17) is 11.6 Å². The molecule has 1 fully saturated rings. The zero-order valence-corrected chi connectivity index (χ0v) is 18.4. The summed E-state index contributed by atoms with van der Waals surface area (Å²) in [5.74, 6) is 0.851. The van der Waals surface area contributed by atoms with Crippen molar-refractivity contribution in [3.05, 3.63) is 34.9 Å². The van der Waals surface area contributed by atoms with Crippen LogP contribution in [-0.2, 0) is 6.54 Å². The second-order valence-electron chi connectivity index (χ2n) is 6.33. The number of piperazine rings is 1. The molecular weight excluding hydrogens is 449 g/mol. The molecule has 0 amide bonds. The summed E-state index contributed by atoms with van der Waals surface area (Å²) in [5, 5.41) is 7.48. The number of hydrogen-bond donors (Lipinski definition) is 2. The molecule has 0 spiro atoms. The number of benzene rings is 1. The first-order chi connectivity index (χ1) is 11.7. The molecule has 2 N–H and O–H groups in total. The minimum atomic E-state index is 0. The molecule has 25 heavy (non-hydrogen) atoms. The summed E-state index contributed by atoms with van der Waals surface area (Å²) in [5.41, 5.74) is 1.19. The van der Waals surface area contributed by atoms with Crippen molar-refractivity contribution in [1.82, 2.24) is 20.4 Å². The Morgan fingerprint density at radius 2 is 1.76 bits per heavy atom. The molecule has 0 aromatic heterocycles. The van der Waals surface area contributed by atoms with E-state index in [0.29, 0.717) is 0 Å². The van der Waals surface area contributed by atoms with Gasteiger partial charge in [-0.1, -0.05) is 23.7 Å². The van der Waals surface area contributed by atoms with Crippen molar-refractivity contribution in [3.8, 4) is 0 Å². The fraction of sp³-hybridized carbons (Fsp3) is 0.611. The van der Waals surface area contributed by atoms with Crippen LogP contribution in [0.4, 0.5) is 0 Å². The maximum atomic E-state index is 5.90. The predicted octanol–water partition coefficient (Wildman–Crippen LogP) is 2.65. The van der Waals surface area contributed by atoms with Gasteiger partial charge in [-0.05, 0) is 44.1 Å². The zero-order chi connectivity index (χ0) is 17.2. The van der Waals surface area contributed by atoms with Crippen LogP contribution in [0.15, 0.2) is 29.3 Å². The summed E-state index contributed by atoms with van der Waals surface area (Å²) in [6, 6.07) is 7.87. The number of halogens is 2. The highest BCUT2D eigenvalue weighted by molar-refractivity contribution is 14.0. The van der Waals surface area contributed by atoms with E-state index in [1.165, 1.54) is 44.7 Å². The van der Waals surface area contributed by atoms with Gasteiger partial charge >= 0.3 is 0 Å². The van der Waals surface area contributed by atoms with E-state index in [2.05, 4.69) is 32.5 Å². The molecule has 5 nitrogen and oxygen atoms in total. The minimum absolute atomic E-state index is 0. The topological polar surface area (TPSA) is 42.9 Å². The van der Waals surface area contributed by atoms with E-state index < -0.39 is 0 Å². The third kappa shape index (κ3) is 9.08. The Morgan fingerprint density at radius 1 is 1.08 bits per heavy atom. The van der Waals surface area contributed by atoms with Crippen molar-refractivity contribution in [3.63, 3.8) is 0 Å². The van der Waals surface area contributed by atoms with E-state index in [9.17, 15) is 0 Å². The number of nitrogens with one attached hydrogen (secondary N) is 2. The first kappa shape index (κ1) is 22.5. The number of likely N-dealkylation sites (N-methyl/N-ethyl adjacent to an activating group) is 1. The highest BCUT2D eigenvalue weighted by Gasteiger charge is 2.12. The Hall–Kier alpha value is -0.570. The van der Waals surface area contributed by atoms with Crippen LogP contribution < -0.4 is 10.6 Å². The Kier molecular flexibility index (Phi) is 11.4. The van der Waals surface area contributed by atoms with Gasteiger partial charge in [-0.2, -0.15) is 0 Å². The number of rotatable bonds is 7. The summed E-state index contributed by atoms with van der Waals surface area (Å²) in [6.45, 7) is 7.69. The van der Waals surface area contributed by atoms with Gasteiger partial charge in [0.15, 0.2) is 5.96 Å². The zero-order valence-electron chi connectivity index (χ0n) is 15.3. The maximum absolute atomic E-state index is 5.90. The van der Waals surface area contributed by atoms with Crippen molar-refractivity contribution in [2.75, 3.05) is 53.4 Å². The Labute approximate surface area is 174 Å². The van der Waals surface area contributed by atoms with Crippen LogP contribution in [0.3, 0.4) is 0 Å². The molecule has 7 heteroatoms. The van der Waals surface area contributed by atoms with Gasteiger partial charge in [0.05, 0.1) is 0 Å². The van der Waals surface area contributed by atoms with Gasteiger partial charge in [0.2, 0.25) is 0 Å². The number of aliphatic imine (C=N–C) groups is 1. The lowest BCUT2D eigenvalue weighted by Gasteiger charge is -2.32. The standard InChI is InChI=1S/C18H30ClN5.HI/c1-20-18(22-15-16-5-7-17(19)8-6-16)21-9-3-4-10-24-13-11-23(2)12-14-24;/h5-8H,3-4,9-15H2,1-2H3,(H2,20,21,22);1H. The highest BCUT2D eigenvalue weighted by Crippen LogP contribution is 2.09. The van der Waals surface area contributed by atoms with Crippen molar-refractivity contribution in [2.24, 2.45) is 4.99 Å². The largest absolute Gasteiger partial charge is 0.356 e. The second kappa shape index (κ2) is 12.7. The third-order valence-corrected chi connectivity index (χ3v) is 4.64. The number of hydrogen-bond acceptors (Lipinski definition) is 3.